The maximum atomic E-state index is 12.5. The van der Waals surface area contributed by atoms with E-state index in [0.717, 1.165) is 16.8 Å². The highest BCUT2D eigenvalue weighted by atomic mass is 35.5. The lowest BCUT2D eigenvalue weighted by Crippen LogP contribution is -2.21. The topological polar surface area (TPSA) is 58.2 Å². The maximum Gasteiger partial charge on any atom is 0.228 e. The number of hydrogen-bond donors (Lipinski definition) is 2. The summed E-state index contributed by atoms with van der Waals surface area (Å²) in [6.45, 7) is 6.09. The van der Waals surface area contributed by atoms with Crippen molar-refractivity contribution in [1.29, 1.82) is 0 Å². The van der Waals surface area contributed by atoms with Crippen molar-refractivity contribution in [3.05, 3.63) is 58.6 Å². The number of para-hydroxylation sites is 1. The summed E-state index contributed by atoms with van der Waals surface area (Å²) in [7, 11) is 0. The molecule has 1 aliphatic carbocycles. The highest BCUT2D eigenvalue weighted by Gasteiger charge is 2.48. The molecule has 136 valence electrons. The minimum Gasteiger partial charge on any atom is -0.326 e. The van der Waals surface area contributed by atoms with Crippen LogP contribution >= 0.6 is 11.6 Å². The number of carbonyl (C=O) groups is 2. The molecule has 3 rings (SSSR count). The SMILES string of the molecule is Cc1ccc(Cl)cc1NC(=O)C1CC1C(=O)Nc1ccccc1C(C)C. The maximum absolute atomic E-state index is 12.5. The molecule has 2 unspecified atom stereocenters. The van der Waals surface area contributed by atoms with E-state index in [-0.39, 0.29) is 23.7 Å². The predicted octanol–water partition coefficient (Wildman–Crippen LogP) is 4.99. The van der Waals surface area contributed by atoms with Crippen LogP contribution in [0.25, 0.3) is 0 Å². The molecule has 1 aliphatic rings. The van der Waals surface area contributed by atoms with Gasteiger partial charge in [-0.05, 0) is 48.6 Å². The summed E-state index contributed by atoms with van der Waals surface area (Å²) in [6, 6.07) is 13.2. The first-order valence-corrected chi connectivity index (χ1v) is 9.21. The number of aryl methyl sites for hydroxylation is 1. The molecule has 5 heteroatoms. The Morgan fingerprint density at radius 3 is 2.27 bits per heavy atom. The number of halogens is 1. The van der Waals surface area contributed by atoms with Crippen molar-refractivity contribution in [3.8, 4) is 0 Å². The van der Waals surface area contributed by atoms with Crippen molar-refractivity contribution >= 4 is 34.8 Å². The summed E-state index contributed by atoms with van der Waals surface area (Å²) in [5.41, 5.74) is 3.55. The van der Waals surface area contributed by atoms with Gasteiger partial charge in [-0.3, -0.25) is 9.59 Å². The number of hydrogen-bond acceptors (Lipinski definition) is 2. The Morgan fingerprint density at radius 2 is 1.62 bits per heavy atom. The molecule has 1 saturated carbocycles. The molecule has 0 radical (unpaired) electrons. The molecule has 2 amide bonds. The van der Waals surface area contributed by atoms with E-state index in [4.69, 9.17) is 11.6 Å². The van der Waals surface area contributed by atoms with Crippen molar-refractivity contribution < 1.29 is 9.59 Å². The van der Waals surface area contributed by atoms with Crippen LogP contribution in [0.2, 0.25) is 5.02 Å². The summed E-state index contributed by atoms with van der Waals surface area (Å²) in [4.78, 5) is 25.0. The van der Waals surface area contributed by atoms with E-state index in [1.807, 2.05) is 37.3 Å². The molecule has 2 aromatic rings. The second-order valence-electron chi connectivity index (χ2n) is 7.13. The van der Waals surface area contributed by atoms with E-state index in [0.29, 0.717) is 23.0 Å². The van der Waals surface area contributed by atoms with Crippen LogP contribution in [0, 0.1) is 18.8 Å². The van der Waals surface area contributed by atoms with E-state index in [2.05, 4.69) is 24.5 Å². The van der Waals surface area contributed by atoms with Crippen molar-refractivity contribution in [2.75, 3.05) is 10.6 Å². The molecule has 4 nitrogen and oxygen atoms in total. The van der Waals surface area contributed by atoms with E-state index in [1.165, 1.54) is 0 Å². The zero-order chi connectivity index (χ0) is 18.8. The van der Waals surface area contributed by atoms with Crippen molar-refractivity contribution in [2.24, 2.45) is 11.8 Å². The van der Waals surface area contributed by atoms with Gasteiger partial charge in [0.25, 0.3) is 0 Å². The van der Waals surface area contributed by atoms with Gasteiger partial charge in [-0.15, -0.1) is 0 Å². The van der Waals surface area contributed by atoms with Crippen LogP contribution in [-0.4, -0.2) is 11.8 Å². The van der Waals surface area contributed by atoms with Gasteiger partial charge in [-0.1, -0.05) is 49.7 Å². The van der Waals surface area contributed by atoms with Gasteiger partial charge in [0, 0.05) is 16.4 Å². The fraction of sp³-hybridized carbons (Fsp3) is 0.333. The fourth-order valence-electron chi connectivity index (χ4n) is 3.07. The monoisotopic (exact) mass is 370 g/mol. The van der Waals surface area contributed by atoms with E-state index in [1.54, 1.807) is 12.1 Å². The Balaban J connectivity index is 1.62. The second-order valence-corrected chi connectivity index (χ2v) is 7.56. The zero-order valence-corrected chi connectivity index (χ0v) is 15.9. The molecule has 26 heavy (non-hydrogen) atoms. The third-order valence-corrected chi connectivity index (χ3v) is 5.00. The van der Waals surface area contributed by atoms with Gasteiger partial charge in [-0.25, -0.2) is 0 Å². The van der Waals surface area contributed by atoms with Gasteiger partial charge >= 0.3 is 0 Å². The number of rotatable bonds is 5. The largest absolute Gasteiger partial charge is 0.326 e. The van der Waals surface area contributed by atoms with Crippen LogP contribution in [0.5, 0.6) is 0 Å². The van der Waals surface area contributed by atoms with E-state index < -0.39 is 0 Å². The summed E-state index contributed by atoms with van der Waals surface area (Å²) >= 11 is 5.99. The van der Waals surface area contributed by atoms with Crippen LogP contribution in [0.15, 0.2) is 42.5 Å². The van der Waals surface area contributed by atoms with Crippen molar-refractivity contribution in [1.82, 2.24) is 0 Å². The summed E-state index contributed by atoms with van der Waals surface area (Å²) in [6.07, 6.45) is 0.571. The van der Waals surface area contributed by atoms with E-state index in [9.17, 15) is 9.59 Å². The average Bonchev–Trinajstić information content (AvgIpc) is 3.39. The Hall–Kier alpha value is -2.33. The highest BCUT2D eigenvalue weighted by molar-refractivity contribution is 6.31. The van der Waals surface area contributed by atoms with Crippen molar-refractivity contribution in [2.45, 2.75) is 33.1 Å². The Morgan fingerprint density at radius 1 is 1.00 bits per heavy atom. The van der Waals surface area contributed by atoms with Gasteiger partial charge in [0.15, 0.2) is 0 Å². The predicted molar refractivity (Wildman–Crippen MR) is 106 cm³/mol. The number of nitrogens with one attached hydrogen (secondary N) is 2. The molecule has 0 aromatic heterocycles. The smallest absolute Gasteiger partial charge is 0.228 e. The molecule has 2 aromatic carbocycles. The van der Waals surface area contributed by atoms with Crippen LogP contribution < -0.4 is 10.6 Å². The van der Waals surface area contributed by atoms with Crippen molar-refractivity contribution in [3.63, 3.8) is 0 Å². The molecule has 0 spiro atoms. The molecule has 2 atom stereocenters. The average molecular weight is 371 g/mol. The molecular formula is C21H23ClN2O2. The number of anilines is 2. The van der Waals surface area contributed by atoms with Gasteiger partial charge < -0.3 is 10.6 Å². The molecule has 0 aliphatic heterocycles. The van der Waals surface area contributed by atoms with Gasteiger partial charge in [0.05, 0.1) is 11.8 Å². The molecule has 2 N–H and O–H groups in total. The first kappa shape index (κ1) is 18.5. The Kier molecular flexibility index (Phi) is 5.33. The molecule has 0 bridgehead atoms. The van der Waals surface area contributed by atoms with Gasteiger partial charge in [0.2, 0.25) is 11.8 Å². The highest BCUT2D eigenvalue weighted by Crippen LogP contribution is 2.41. The number of carbonyl (C=O) groups excluding carboxylic acids is 2. The minimum absolute atomic E-state index is 0.0962. The summed E-state index contributed by atoms with van der Waals surface area (Å²) < 4.78 is 0. The first-order chi connectivity index (χ1) is 12.4. The van der Waals surface area contributed by atoms with Crippen LogP contribution in [-0.2, 0) is 9.59 Å². The second kappa shape index (κ2) is 7.50. The lowest BCUT2D eigenvalue weighted by atomic mass is 10.0. The van der Waals surface area contributed by atoms with Crippen LogP contribution in [0.4, 0.5) is 11.4 Å². The number of benzene rings is 2. The van der Waals surface area contributed by atoms with Crippen LogP contribution in [0.1, 0.15) is 37.3 Å². The fourth-order valence-corrected chi connectivity index (χ4v) is 3.24. The molecule has 0 heterocycles. The summed E-state index contributed by atoms with van der Waals surface area (Å²) in [5.74, 6) is -0.487. The Bertz CT molecular complexity index is 848. The lowest BCUT2D eigenvalue weighted by molar-refractivity contribution is -0.122. The minimum atomic E-state index is -0.292. The molecule has 1 fully saturated rings. The molecular weight excluding hydrogens is 348 g/mol. The number of amides is 2. The van der Waals surface area contributed by atoms with Gasteiger partial charge in [0.1, 0.15) is 0 Å². The zero-order valence-electron chi connectivity index (χ0n) is 15.2. The lowest BCUT2D eigenvalue weighted by Gasteiger charge is -2.13. The van der Waals surface area contributed by atoms with E-state index >= 15 is 0 Å². The first-order valence-electron chi connectivity index (χ1n) is 8.83. The normalized spacial score (nSPS) is 18.5. The standard InChI is InChI=1S/C21H23ClN2O2/c1-12(2)15-6-4-5-7-18(15)23-20(25)16-11-17(16)21(26)24-19-10-14(22)9-8-13(19)3/h4-10,12,16-17H,11H2,1-3H3,(H,23,25)(H,24,26). The molecule has 0 saturated heterocycles. The summed E-state index contributed by atoms with van der Waals surface area (Å²) in [5, 5.41) is 6.44. The van der Waals surface area contributed by atoms with Crippen LogP contribution in [0.3, 0.4) is 0 Å². The third-order valence-electron chi connectivity index (χ3n) is 4.76. The third kappa shape index (κ3) is 4.07. The Labute approximate surface area is 158 Å². The van der Waals surface area contributed by atoms with Gasteiger partial charge in [-0.2, -0.15) is 0 Å². The quantitative estimate of drug-likeness (QED) is 0.779.